The molecule has 0 aromatic carbocycles. The van der Waals surface area contributed by atoms with Crippen molar-refractivity contribution in [2.45, 2.75) is 12.8 Å². The molecule has 1 unspecified atom stereocenters. The molecule has 0 fully saturated rings. The third-order valence-corrected chi connectivity index (χ3v) is 4.69. The van der Waals surface area contributed by atoms with Crippen molar-refractivity contribution in [3.8, 4) is 0 Å². The standard InChI is InChI=1S/C5H11PS/c1-6(7)4-2-3-5-6/h4,7H,2-3,5H2,1H3. The highest BCUT2D eigenvalue weighted by Gasteiger charge is 2.08. The largest absolute Gasteiger partial charge is 0.153 e. The summed E-state index contributed by atoms with van der Waals surface area (Å²) in [5, 5.41) is 0. The van der Waals surface area contributed by atoms with E-state index in [0.29, 0.717) is 0 Å². The summed E-state index contributed by atoms with van der Waals surface area (Å²) in [5.74, 6) is 2.40. The van der Waals surface area contributed by atoms with Crippen molar-refractivity contribution in [3.05, 3.63) is 0 Å². The maximum Gasteiger partial charge on any atom is -0.0245 e. The van der Waals surface area contributed by atoms with E-state index in [-0.39, 0.29) is 0 Å². The summed E-state index contributed by atoms with van der Waals surface area (Å²) in [6.07, 6.45) is 3.34. The molecule has 0 aromatic heterocycles. The lowest BCUT2D eigenvalue weighted by molar-refractivity contribution is 1.05. The van der Waals surface area contributed by atoms with Gasteiger partial charge >= 0.3 is 0 Å². The van der Waals surface area contributed by atoms with Crippen molar-refractivity contribution in [1.82, 2.24) is 0 Å². The highest BCUT2D eigenvalue weighted by Crippen LogP contribution is 2.51. The monoisotopic (exact) mass is 134 g/mol. The maximum absolute atomic E-state index is 4.50. The topological polar surface area (TPSA) is 0 Å². The molecule has 0 amide bonds. The fraction of sp³-hybridized carbons (Fsp3) is 0.800. The Balaban J connectivity index is 2.68. The van der Waals surface area contributed by atoms with Gasteiger partial charge in [-0.2, -0.15) is 12.2 Å². The average Bonchev–Trinajstić information content (AvgIpc) is 1.84. The van der Waals surface area contributed by atoms with Crippen LogP contribution in [-0.4, -0.2) is 18.6 Å². The fourth-order valence-corrected chi connectivity index (χ4v) is 3.39. The van der Waals surface area contributed by atoms with Crippen LogP contribution in [0.15, 0.2) is 0 Å². The summed E-state index contributed by atoms with van der Waals surface area (Å²) < 4.78 is 0. The molecule has 0 spiro atoms. The third kappa shape index (κ3) is 1.54. The van der Waals surface area contributed by atoms with Gasteiger partial charge in [0.2, 0.25) is 0 Å². The molecule has 0 bridgehead atoms. The first-order valence-electron chi connectivity index (χ1n) is 2.63. The quantitative estimate of drug-likeness (QED) is 0.380. The van der Waals surface area contributed by atoms with Crippen LogP contribution in [-0.2, 0) is 0 Å². The smallest absolute Gasteiger partial charge is 0.0245 e. The second kappa shape index (κ2) is 1.87. The maximum atomic E-state index is 4.50. The summed E-state index contributed by atoms with van der Waals surface area (Å²) in [5.41, 5.74) is 0. The van der Waals surface area contributed by atoms with Gasteiger partial charge in [0, 0.05) is 0 Å². The molecule has 1 atom stereocenters. The first-order valence-corrected chi connectivity index (χ1v) is 6.27. The Morgan fingerprint density at radius 1 is 1.71 bits per heavy atom. The molecule has 42 valence electrons. The van der Waals surface area contributed by atoms with Gasteiger partial charge in [-0.15, -0.1) is 0 Å². The van der Waals surface area contributed by atoms with E-state index in [1.165, 1.54) is 19.0 Å². The van der Waals surface area contributed by atoms with Gasteiger partial charge in [-0.25, -0.2) is 0 Å². The molecular weight excluding hydrogens is 123 g/mol. The zero-order chi connectivity index (χ0) is 5.33. The van der Waals surface area contributed by atoms with Crippen LogP contribution in [0.25, 0.3) is 0 Å². The normalized spacial score (nSPS) is 40.9. The molecule has 0 saturated carbocycles. The van der Waals surface area contributed by atoms with E-state index >= 15 is 0 Å². The summed E-state index contributed by atoms with van der Waals surface area (Å²) in [7, 11) is 0. The van der Waals surface area contributed by atoms with Crippen LogP contribution >= 0.6 is 18.3 Å². The van der Waals surface area contributed by atoms with Crippen molar-refractivity contribution in [1.29, 1.82) is 0 Å². The van der Waals surface area contributed by atoms with E-state index in [0.717, 1.165) is 0 Å². The van der Waals surface area contributed by atoms with Crippen LogP contribution in [0.1, 0.15) is 12.8 Å². The van der Waals surface area contributed by atoms with Crippen molar-refractivity contribution in [2.75, 3.05) is 12.8 Å². The Labute approximate surface area is 50.4 Å². The van der Waals surface area contributed by atoms with E-state index in [9.17, 15) is 0 Å². The molecule has 0 aliphatic carbocycles. The van der Waals surface area contributed by atoms with Gasteiger partial charge in [0.05, 0.1) is 0 Å². The summed E-state index contributed by atoms with van der Waals surface area (Å²) in [4.78, 5) is 0. The molecule has 0 N–H and O–H groups in total. The molecule has 1 rings (SSSR count). The molecule has 1 heterocycles. The summed E-state index contributed by atoms with van der Waals surface area (Å²) >= 11 is 4.50. The average molecular weight is 134 g/mol. The third-order valence-electron chi connectivity index (χ3n) is 1.34. The second-order valence-corrected chi connectivity index (χ2v) is 8.24. The molecular formula is C5H11PS. The molecule has 0 aromatic rings. The van der Waals surface area contributed by atoms with Crippen molar-refractivity contribution >= 4 is 24.1 Å². The Bertz CT molecular complexity index is 111. The highest BCUT2D eigenvalue weighted by atomic mass is 32.7. The lowest BCUT2D eigenvalue weighted by Gasteiger charge is -2.02. The Hall–Kier alpha value is 0.650. The lowest BCUT2D eigenvalue weighted by Crippen LogP contribution is -1.69. The van der Waals surface area contributed by atoms with Gasteiger partial charge < -0.3 is 0 Å². The predicted octanol–water partition coefficient (Wildman–Crippen LogP) is 2.07. The Morgan fingerprint density at radius 3 is 2.57 bits per heavy atom. The van der Waals surface area contributed by atoms with Gasteiger partial charge in [0.15, 0.2) is 0 Å². The molecule has 1 aliphatic rings. The molecule has 2 heteroatoms. The van der Waals surface area contributed by atoms with Crippen LogP contribution in [0.5, 0.6) is 0 Å². The van der Waals surface area contributed by atoms with Crippen LogP contribution in [0.2, 0.25) is 0 Å². The fourth-order valence-electron chi connectivity index (χ4n) is 0.872. The van der Waals surface area contributed by atoms with Crippen molar-refractivity contribution in [2.24, 2.45) is 0 Å². The molecule has 0 nitrogen and oxygen atoms in total. The number of rotatable bonds is 0. The van der Waals surface area contributed by atoms with Crippen LogP contribution in [0, 0.1) is 0 Å². The van der Waals surface area contributed by atoms with E-state index in [2.05, 4.69) is 24.7 Å². The van der Waals surface area contributed by atoms with Crippen LogP contribution < -0.4 is 0 Å². The highest BCUT2D eigenvalue weighted by molar-refractivity contribution is 8.51. The minimum Gasteiger partial charge on any atom is -0.153 e. The van der Waals surface area contributed by atoms with Gasteiger partial charge in [0.25, 0.3) is 0 Å². The number of thiol groups is 1. The van der Waals surface area contributed by atoms with Crippen LogP contribution in [0.3, 0.4) is 0 Å². The second-order valence-electron chi connectivity index (χ2n) is 2.26. The SMILES string of the molecule is CP1(S)=CCCC1. The van der Waals surface area contributed by atoms with E-state index < -0.39 is 6.09 Å². The van der Waals surface area contributed by atoms with E-state index in [1.807, 2.05) is 0 Å². The Kier molecular flexibility index (Phi) is 1.55. The van der Waals surface area contributed by atoms with E-state index in [4.69, 9.17) is 0 Å². The Morgan fingerprint density at radius 2 is 2.43 bits per heavy atom. The zero-order valence-corrected chi connectivity index (χ0v) is 6.38. The minimum atomic E-state index is -0.724. The molecule has 0 radical (unpaired) electrons. The first-order chi connectivity index (χ1) is 3.21. The minimum absolute atomic E-state index is 0.724. The molecule has 0 saturated heterocycles. The van der Waals surface area contributed by atoms with Gasteiger partial charge in [-0.1, -0.05) is 11.9 Å². The summed E-state index contributed by atoms with van der Waals surface area (Å²) in [6, 6.07) is 0. The molecule has 1 aliphatic heterocycles. The van der Waals surface area contributed by atoms with Gasteiger partial charge in [0.1, 0.15) is 0 Å². The van der Waals surface area contributed by atoms with Gasteiger partial charge in [-0.3, -0.25) is 0 Å². The predicted molar refractivity (Wildman–Crippen MR) is 42.0 cm³/mol. The number of hydrogen-bond donors (Lipinski definition) is 1. The van der Waals surface area contributed by atoms with Gasteiger partial charge in [-0.05, 0) is 25.7 Å². The lowest BCUT2D eigenvalue weighted by atomic mass is 10.4. The zero-order valence-electron chi connectivity index (χ0n) is 4.59. The van der Waals surface area contributed by atoms with Crippen molar-refractivity contribution in [3.63, 3.8) is 0 Å². The molecule has 7 heavy (non-hydrogen) atoms. The summed E-state index contributed by atoms with van der Waals surface area (Å²) in [6.45, 7) is 2.28. The van der Waals surface area contributed by atoms with Crippen molar-refractivity contribution < 1.29 is 0 Å². The van der Waals surface area contributed by atoms with Crippen LogP contribution in [0.4, 0.5) is 0 Å². The number of hydrogen-bond acceptors (Lipinski definition) is 1. The first kappa shape index (κ1) is 5.78. The van der Waals surface area contributed by atoms with E-state index in [1.54, 1.807) is 0 Å².